The van der Waals surface area contributed by atoms with E-state index >= 15 is 0 Å². The fourth-order valence-corrected chi connectivity index (χ4v) is 2.52. The van der Waals surface area contributed by atoms with E-state index in [2.05, 4.69) is 26.1 Å². The summed E-state index contributed by atoms with van der Waals surface area (Å²) in [6.45, 7) is 9.87. The summed E-state index contributed by atoms with van der Waals surface area (Å²) in [5.74, 6) is 1.76. The van der Waals surface area contributed by atoms with Crippen LogP contribution in [0.5, 0.6) is 0 Å². The van der Waals surface area contributed by atoms with Crippen LogP contribution >= 0.6 is 0 Å². The number of ether oxygens (including phenoxy) is 1. The third-order valence-corrected chi connectivity index (χ3v) is 3.68. The molecule has 1 fully saturated rings. The topological polar surface area (TPSA) is 21.3 Å². The van der Waals surface area contributed by atoms with Gasteiger partial charge in [0.1, 0.15) is 0 Å². The number of hydrogen-bond acceptors (Lipinski definition) is 2. The molecule has 2 heteroatoms. The van der Waals surface area contributed by atoms with E-state index < -0.39 is 0 Å². The normalized spacial score (nSPS) is 30.6. The lowest BCUT2D eigenvalue weighted by molar-refractivity contribution is 0.129. The summed E-state index contributed by atoms with van der Waals surface area (Å²) in [7, 11) is 0. The Hall–Kier alpha value is -0.0800. The predicted molar refractivity (Wildman–Crippen MR) is 69.7 cm³/mol. The zero-order valence-electron chi connectivity index (χ0n) is 11.3. The molecule has 0 radical (unpaired) electrons. The van der Waals surface area contributed by atoms with Gasteiger partial charge >= 0.3 is 0 Å². The summed E-state index contributed by atoms with van der Waals surface area (Å²) < 4.78 is 5.48. The zero-order valence-corrected chi connectivity index (χ0v) is 11.3. The van der Waals surface area contributed by atoms with Crippen LogP contribution in [0.1, 0.15) is 52.9 Å². The molecule has 96 valence electrons. The van der Waals surface area contributed by atoms with Gasteiger partial charge in [-0.3, -0.25) is 0 Å². The first-order valence-electron chi connectivity index (χ1n) is 7.05. The van der Waals surface area contributed by atoms with Crippen LogP contribution in [0.3, 0.4) is 0 Å². The highest BCUT2D eigenvalue weighted by Gasteiger charge is 2.24. The Labute approximate surface area is 101 Å². The van der Waals surface area contributed by atoms with Crippen molar-refractivity contribution >= 4 is 0 Å². The molecule has 1 N–H and O–H groups in total. The Kier molecular flexibility index (Phi) is 7.06. The average molecular weight is 227 g/mol. The van der Waals surface area contributed by atoms with Gasteiger partial charge in [0.2, 0.25) is 0 Å². The highest BCUT2D eigenvalue weighted by atomic mass is 16.5. The third-order valence-electron chi connectivity index (χ3n) is 3.68. The van der Waals surface area contributed by atoms with Gasteiger partial charge in [-0.1, -0.05) is 27.2 Å². The van der Waals surface area contributed by atoms with Gasteiger partial charge in [0.15, 0.2) is 0 Å². The van der Waals surface area contributed by atoms with Crippen molar-refractivity contribution in [2.24, 2.45) is 11.8 Å². The molecule has 0 spiro atoms. The predicted octanol–water partition coefficient (Wildman–Crippen LogP) is 3.22. The Balaban J connectivity index is 2.02. The molecule has 0 aromatic heterocycles. The molecule has 0 amide bonds. The lowest BCUT2D eigenvalue weighted by Gasteiger charge is -2.33. The Morgan fingerprint density at radius 2 is 2.00 bits per heavy atom. The van der Waals surface area contributed by atoms with Crippen LogP contribution in [0.4, 0.5) is 0 Å². The largest absolute Gasteiger partial charge is 0.381 e. The van der Waals surface area contributed by atoms with Gasteiger partial charge in [0, 0.05) is 19.3 Å². The number of hydrogen-bond donors (Lipinski definition) is 1. The van der Waals surface area contributed by atoms with E-state index in [4.69, 9.17) is 4.74 Å². The van der Waals surface area contributed by atoms with Crippen molar-refractivity contribution in [1.82, 2.24) is 5.32 Å². The van der Waals surface area contributed by atoms with Crippen LogP contribution in [-0.4, -0.2) is 25.8 Å². The minimum atomic E-state index is 0.745. The van der Waals surface area contributed by atoms with Crippen LogP contribution in [-0.2, 0) is 4.74 Å². The maximum absolute atomic E-state index is 5.48. The third kappa shape index (κ3) is 5.31. The van der Waals surface area contributed by atoms with Gasteiger partial charge in [0.25, 0.3) is 0 Å². The smallest absolute Gasteiger partial charge is 0.0478 e. The molecule has 2 nitrogen and oxygen atoms in total. The Bertz CT molecular complexity index is 172. The summed E-state index contributed by atoms with van der Waals surface area (Å²) in [6, 6.07) is 0.745. The van der Waals surface area contributed by atoms with Gasteiger partial charge in [-0.2, -0.15) is 0 Å². The van der Waals surface area contributed by atoms with Crippen LogP contribution in [0, 0.1) is 11.8 Å². The maximum atomic E-state index is 5.48. The molecule has 3 atom stereocenters. The first kappa shape index (κ1) is 14.0. The number of rotatable bonds is 7. The van der Waals surface area contributed by atoms with Crippen LogP contribution in [0.25, 0.3) is 0 Å². The molecular formula is C14H29NO. The SMILES string of the molecule is CCCOCCCNC1CC(C)CCC1C. The molecular weight excluding hydrogens is 198 g/mol. The molecule has 0 saturated heterocycles. The van der Waals surface area contributed by atoms with Crippen molar-refractivity contribution in [2.45, 2.75) is 58.9 Å². The minimum absolute atomic E-state index is 0.745. The first-order chi connectivity index (χ1) is 7.74. The van der Waals surface area contributed by atoms with E-state index in [-0.39, 0.29) is 0 Å². The van der Waals surface area contributed by atoms with Gasteiger partial charge < -0.3 is 10.1 Å². The average Bonchev–Trinajstić information content (AvgIpc) is 2.28. The molecule has 0 aromatic rings. The van der Waals surface area contributed by atoms with E-state index in [0.717, 1.165) is 50.5 Å². The van der Waals surface area contributed by atoms with E-state index in [0.29, 0.717) is 0 Å². The second kappa shape index (κ2) is 8.08. The van der Waals surface area contributed by atoms with Gasteiger partial charge in [-0.05, 0) is 44.1 Å². The van der Waals surface area contributed by atoms with E-state index in [9.17, 15) is 0 Å². The van der Waals surface area contributed by atoms with Gasteiger partial charge in [-0.25, -0.2) is 0 Å². The van der Waals surface area contributed by atoms with Crippen molar-refractivity contribution < 1.29 is 4.74 Å². The fourth-order valence-electron chi connectivity index (χ4n) is 2.52. The van der Waals surface area contributed by atoms with E-state index in [1.807, 2.05) is 0 Å². The molecule has 1 aliphatic carbocycles. The Morgan fingerprint density at radius 3 is 2.75 bits per heavy atom. The van der Waals surface area contributed by atoms with Gasteiger partial charge in [-0.15, -0.1) is 0 Å². The van der Waals surface area contributed by atoms with E-state index in [1.54, 1.807) is 0 Å². The van der Waals surface area contributed by atoms with Crippen LogP contribution < -0.4 is 5.32 Å². The lowest BCUT2D eigenvalue weighted by atomic mass is 9.80. The molecule has 0 aromatic carbocycles. The van der Waals surface area contributed by atoms with Crippen molar-refractivity contribution in [1.29, 1.82) is 0 Å². The quantitative estimate of drug-likeness (QED) is 0.674. The summed E-state index contributed by atoms with van der Waals surface area (Å²) >= 11 is 0. The van der Waals surface area contributed by atoms with Gasteiger partial charge in [0.05, 0.1) is 0 Å². The lowest BCUT2D eigenvalue weighted by Crippen LogP contribution is -2.40. The molecule has 0 aliphatic heterocycles. The molecule has 3 unspecified atom stereocenters. The fraction of sp³-hybridized carbons (Fsp3) is 1.00. The van der Waals surface area contributed by atoms with Crippen LogP contribution in [0.15, 0.2) is 0 Å². The molecule has 1 rings (SSSR count). The Morgan fingerprint density at radius 1 is 1.19 bits per heavy atom. The van der Waals surface area contributed by atoms with Crippen molar-refractivity contribution in [2.75, 3.05) is 19.8 Å². The maximum Gasteiger partial charge on any atom is 0.0478 e. The summed E-state index contributed by atoms with van der Waals surface area (Å²) in [4.78, 5) is 0. The molecule has 16 heavy (non-hydrogen) atoms. The standard InChI is InChI=1S/C14H29NO/c1-4-9-16-10-5-8-15-14-11-12(2)6-7-13(14)3/h12-15H,4-11H2,1-3H3. The van der Waals surface area contributed by atoms with Crippen molar-refractivity contribution in [3.05, 3.63) is 0 Å². The summed E-state index contributed by atoms with van der Waals surface area (Å²) in [6.07, 6.45) is 6.45. The molecule has 1 saturated carbocycles. The monoisotopic (exact) mass is 227 g/mol. The molecule has 1 aliphatic rings. The second-order valence-electron chi connectivity index (χ2n) is 5.42. The molecule has 0 bridgehead atoms. The minimum Gasteiger partial charge on any atom is -0.381 e. The zero-order chi connectivity index (χ0) is 11.8. The summed E-state index contributed by atoms with van der Waals surface area (Å²) in [5.41, 5.74) is 0. The molecule has 0 heterocycles. The summed E-state index contributed by atoms with van der Waals surface area (Å²) in [5, 5.41) is 3.70. The highest BCUT2D eigenvalue weighted by molar-refractivity contribution is 4.81. The highest BCUT2D eigenvalue weighted by Crippen LogP contribution is 2.28. The number of nitrogens with one attached hydrogen (secondary N) is 1. The van der Waals surface area contributed by atoms with E-state index in [1.165, 1.54) is 19.3 Å². The van der Waals surface area contributed by atoms with Crippen LogP contribution in [0.2, 0.25) is 0 Å². The van der Waals surface area contributed by atoms with Crippen molar-refractivity contribution in [3.63, 3.8) is 0 Å². The second-order valence-corrected chi connectivity index (χ2v) is 5.42. The first-order valence-corrected chi connectivity index (χ1v) is 7.05. The van der Waals surface area contributed by atoms with Crippen molar-refractivity contribution in [3.8, 4) is 0 Å².